The van der Waals surface area contributed by atoms with Crippen LogP contribution >= 0.6 is 11.6 Å². The summed E-state index contributed by atoms with van der Waals surface area (Å²) in [6.45, 7) is -0.799. The minimum atomic E-state index is -4.78. The van der Waals surface area contributed by atoms with Gasteiger partial charge in [0.2, 0.25) is 0 Å². The molecule has 0 spiro atoms. The van der Waals surface area contributed by atoms with Crippen molar-refractivity contribution in [1.29, 1.82) is 0 Å². The molecule has 2 rings (SSSR count). The van der Waals surface area contributed by atoms with Gasteiger partial charge in [-0.2, -0.15) is 21.9 Å². The van der Waals surface area contributed by atoms with Gasteiger partial charge in [-0.1, -0.05) is 17.7 Å². The number of nitrogens with two attached hydrogens (primary N) is 1. The van der Waals surface area contributed by atoms with E-state index in [9.17, 15) is 25.3 Å². The van der Waals surface area contributed by atoms with E-state index < -0.39 is 47.6 Å². The Labute approximate surface area is 177 Å². The summed E-state index contributed by atoms with van der Waals surface area (Å²) in [7, 11) is -13.4. The van der Waals surface area contributed by atoms with Crippen molar-refractivity contribution in [3.05, 3.63) is 41.4 Å². The highest BCUT2D eigenvalue weighted by Gasteiger charge is 2.18. The van der Waals surface area contributed by atoms with Crippen LogP contribution in [0.25, 0.3) is 0 Å². The van der Waals surface area contributed by atoms with E-state index in [0.717, 1.165) is 18.2 Å². The molecule has 0 aliphatic heterocycles. The normalized spacial score (nSPS) is 13.0. The molecule has 0 aliphatic carbocycles. The molecule has 0 aliphatic rings. The molecule has 0 saturated heterocycles. The first-order valence-electron chi connectivity index (χ1n) is 7.62. The highest BCUT2D eigenvalue weighted by Crippen LogP contribution is 2.33. The highest BCUT2D eigenvalue weighted by molar-refractivity contribution is 7.91. The Kier molecular flexibility index (Phi) is 7.18. The van der Waals surface area contributed by atoms with Crippen LogP contribution in [-0.2, 0) is 34.5 Å². The second kappa shape index (κ2) is 8.93. The molecule has 2 aromatic carbocycles. The fourth-order valence-corrected chi connectivity index (χ4v) is 4.43. The van der Waals surface area contributed by atoms with Gasteiger partial charge in [-0.3, -0.25) is 9.11 Å². The van der Waals surface area contributed by atoms with E-state index in [-0.39, 0.29) is 27.0 Å². The molecule has 0 saturated carbocycles. The van der Waals surface area contributed by atoms with Gasteiger partial charge in [-0.05, 0) is 30.3 Å². The van der Waals surface area contributed by atoms with Crippen molar-refractivity contribution < 1.29 is 38.5 Å². The van der Waals surface area contributed by atoms with Crippen LogP contribution in [0.5, 0.6) is 0 Å². The summed E-state index contributed by atoms with van der Waals surface area (Å²) in [5.74, 6) is -0.741. The SMILES string of the molecule is Nc1cc(Cl)c(N=Nc2cccc(S(=O)(=O)CCOS(=O)(=O)O)c2)cc1S(=O)(=O)O. The summed E-state index contributed by atoms with van der Waals surface area (Å²) < 4.78 is 89.8. The molecular weight excluding hydrogens is 486 g/mol. The minimum Gasteiger partial charge on any atom is -0.398 e. The van der Waals surface area contributed by atoms with Crippen LogP contribution < -0.4 is 5.73 Å². The van der Waals surface area contributed by atoms with Crippen molar-refractivity contribution in [3.63, 3.8) is 0 Å². The zero-order valence-electron chi connectivity index (χ0n) is 14.7. The van der Waals surface area contributed by atoms with Crippen molar-refractivity contribution in [3.8, 4) is 0 Å². The van der Waals surface area contributed by atoms with E-state index in [0.29, 0.717) is 0 Å². The number of hydrogen-bond donors (Lipinski definition) is 3. The minimum absolute atomic E-state index is 0.0353. The third kappa shape index (κ3) is 6.69. The molecule has 0 fully saturated rings. The zero-order chi connectivity index (χ0) is 22.7. The summed E-state index contributed by atoms with van der Waals surface area (Å²) >= 11 is 5.93. The van der Waals surface area contributed by atoms with Crippen LogP contribution in [0, 0.1) is 0 Å². The Bertz CT molecular complexity index is 1310. The Morgan fingerprint density at radius 3 is 2.27 bits per heavy atom. The summed E-state index contributed by atoms with van der Waals surface area (Å²) in [6, 6.07) is 6.99. The number of nitrogen functional groups attached to an aromatic ring is 1. The molecule has 30 heavy (non-hydrogen) atoms. The maximum absolute atomic E-state index is 12.2. The predicted octanol–water partition coefficient (Wildman–Crippen LogP) is 2.18. The molecule has 164 valence electrons. The van der Waals surface area contributed by atoms with Crippen molar-refractivity contribution in [2.75, 3.05) is 18.1 Å². The van der Waals surface area contributed by atoms with Crippen molar-refractivity contribution in [2.24, 2.45) is 10.2 Å². The van der Waals surface area contributed by atoms with E-state index >= 15 is 0 Å². The summed E-state index contributed by atoms with van der Waals surface area (Å²) in [5, 5.41) is 7.44. The highest BCUT2D eigenvalue weighted by atomic mass is 35.5. The second-order valence-corrected chi connectivity index (χ2v) is 10.6. The largest absolute Gasteiger partial charge is 0.398 e. The molecule has 0 radical (unpaired) electrons. The number of azo groups is 1. The Morgan fingerprint density at radius 2 is 1.67 bits per heavy atom. The van der Waals surface area contributed by atoms with Gasteiger partial charge in [0.05, 0.1) is 33.7 Å². The van der Waals surface area contributed by atoms with Crippen LogP contribution in [0.2, 0.25) is 5.02 Å². The number of nitrogens with zero attached hydrogens (tertiary/aromatic N) is 2. The molecule has 0 amide bonds. The lowest BCUT2D eigenvalue weighted by Crippen LogP contribution is -2.15. The smallest absolute Gasteiger partial charge is 0.397 e. The van der Waals surface area contributed by atoms with Gasteiger partial charge in [-0.15, -0.1) is 5.11 Å². The van der Waals surface area contributed by atoms with Gasteiger partial charge >= 0.3 is 10.4 Å². The monoisotopic (exact) mass is 499 g/mol. The van der Waals surface area contributed by atoms with Crippen LogP contribution in [0.15, 0.2) is 56.4 Å². The average Bonchev–Trinajstić information content (AvgIpc) is 2.59. The maximum atomic E-state index is 12.2. The maximum Gasteiger partial charge on any atom is 0.397 e. The van der Waals surface area contributed by atoms with E-state index in [1.165, 1.54) is 18.2 Å². The summed E-state index contributed by atoms with van der Waals surface area (Å²) in [4.78, 5) is -0.865. The topological polar surface area (TPSA) is 203 Å². The fourth-order valence-electron chi connectivity index (χ4n) is 2.08. The quantitative estimate of drug-likeness (QED) is 0.274. The number of sulfone groups is 1. The molecular formula is C14H14ClN3O9S3. The van der Waals surface area contributed by atoms with Crippen LogP contribution in [-0.4, -0.2) is 46.7 Å². The van der Waals surface area contributed by atoms with Gasteiger partial charge in [0.15, 0.2) is 9.84 Å². The standard InChI is InChI=1S/C14H14ClN3O9S3/c15-11-7-12(16)14(29(21,22)23)8-13(11)18-17-9-2-1-3-10(6-9)28(19,20)5-4-27-30(24,25)26/h1-3,6-8H,4-5,16H2,(H,21,22,23)(H,24,25,26). The van der Waals surface area contributed by atoms with E-state index in [2.05, 4.69) is 14.4 Å². The van der Waals surface area contributed by atoms with Gasteiger partial charge in [0.1, 0.15) is 10.6 Å². The molecule has 0 atom stereocenters. The van der Waals surface area contributed by atoms with E-state index in [1.54, 1.807) is 0 Å². The molecule has 0 bridgehead atoms. The van der Waals surface area contributed by atoms with Gasteiger partial charge in [-0.25, -0.2) is 12.6 Å². The molecule has 0 unspecified atom stereocenters. The van der Waals surface area contributed by atoms with E-state index in [4.69, 9.17) is 26.4 Å². The van der Waals surface area contributed by atoms with Crippen molar-refractivity contribution in [1.82, 2.24) is 0 Å². The first kappa shape index (κ1) is 24.1. The number of hydrogen-bond acceptors (Lipinski definition) is 10. The van der Waals surface area contributed by atoms with Crippen molar-refractivity contribution >= 4 is 59.0 Å². The first-order chi connectivity index (χ1) is 13.7. The number of anilines is 1. The average molecular weight is 500 g/mol. The number of halogens is 1. The second-order valence-electron chi connectivity index (χ2n) is 5.58. The molecule has 16 heteroatoms. The molecule has 4 N–H and O–H groups in total. The lowest BCUT2D eigenvalue weighted by Gasteiger charge is -2.06. The van der Waals surface area contributed by atoms with Gasteiger partial charge in [0.25, 0.3) is 10.1 Å². The molecule has 0 heterocycles. The predicted molar refractivity (Wildman–Crippen MR) is 106 cm³/mol. The van der Waals surface area contributed by atoms with Gasteiger partial charge in [0, 0.05) is 0 Å². The first-order valence-corrected chi connectivity index (χ1v) is 12.5. The third-order valence-electron chi connectivity index (χ3n) is 3.39. The number of benzene rings is 2. The molecule has 0 aromatic heterocycles. The van der Waals surface area contributed by atoms with E-state index in [1.807, 2.05) is 0 Å². The van der Waals surface area contributed by atoms with Crippen LogP contribution in [0.1, 0.15) is 0 Å². The third-order valence-corrected chi connectivity index (χ3v) is 6.74. The fraction of sp³-hybridized carbons (Fsp3) is 0.143. The molecule has 12 nitrogen and oxygen atoms in total. The Balaban J connectivity index is 2.30. The number of rotatable bonds is 8. The van der Waals surface area contributed by atoms with Gasteiger partial charge < -0.3 is 5.73 Å². The van der Waals surface area contributed by atoms with Crippen LogP contribution in [0.4, 0.5) is 17.1 Å². The van der Waals surface area contributed by atoms with Crippen LogP contribution in [0.3, 0.4) is 0 Å². The molecule has 2 aromatic rings. The van der Waals surface area contributed by atoms with Crippen molar-refractivity contribution in [2.45, 2.75) is 9.79 Å². The Hall–Kier alpha value is -2.14. The lowest BCUT2D eigenvalue weighted by atomic mass is 10.3. The summed E-state index contributed by atoms with van der Waals surface area (Å²) in [5.41, 5.74) is 5.06. The summed E-state index contributed by atoms with van der Waals surface area (Å²) in [6.07, 6.45) is 0. The lowest BCUT2D eigenvalue weighted by molar-refractivity contribution is 0.284. The Morgan fingerprint density at radius 1 is 1.00 bits per heavy atom. The zero-order valence-corrected chi connectivity index (χ0v) is 17.9.